The number of hydrogen-bond acceptors (Lipinski definition) is 5. The van der Waals surface area contributed by atoms with E-state index >= 15 is 0 Å². The quantitative estimate of drug-likeness (QED) is 0.773. The van der Waals surface area contributed by atoms with Crippen LogP contribution in [0, 0.1) is 5.92 Å². The van der Waals surface area contributed by atoms with Crippen molar-refractivity contribution in [3.05, 3.63) is 58.5 Å². The number of benzene rings is 1. The molecule has 0 bridgehead atoms. The number of likely N-dealkylation sites (tertiary alicyclic amines) is 1. The van der Waals surface area contributed by atoms with Gasteiger partial charge >= 0.3 is 0 Å². The van der Waals surface area contributed by atoms with Crippen LogP contribution >= 0.6 is 0 Å². The van der Waals surface area contributed by atoms with Gasteiger partial charge in [-0.2, -0.15) is 9.78 Å². The molecule has 0 N–H and O–H groups in total. The first-order chi connectivity index (χ1) is 14.5. The minimum Gasteiger partial charge on any atom is -0.373 e. The lowest BCUT2D eigenvalue weighted by Gasteiger charge is -2.39. The first kappa shape index (κ1) is 20.8. The Labute approximate surface area is 177 Å². The van der Waals surface area contributed by atoms with E-state index in [4.69, 9.17) is 4.74 Å². The average molecular weight is 411 g/mol. The number of hydrogen-bond donors (Lipinski definition) is 0. The highest BCUT2D eigenvalue weighted by Crippen LogP contribution is 2.22. The van der Waals surface area contributed by atoms with Crippen molar-refractivity contribution < 1.29 is 9.53 Å². The second-order valence-electron chi connectivity index (χ2n) is 8.52. The molecule has 7 nitrogen and oxygen atoms in total. The monoisotopic (exact) mass is 410 g/mol. The fourth-order valence-corrected chi connectivity index (χ4v) is 4.56. The Morgan fingerprint density at radius 2 is 1.70 bits per heavy atom. The van der Waals surface area contributed by atoms with Gasteiger partial charge in [0, 0.05) is 38.8 Å². The van der Waals surface area contributed by atoms with E-state index in [2.05, 4.69) is 23.8 Å². The maximum atomic E-state index is 13.0. The van der Waals surface area contributed by atoms with E-state index in [0.29, 0.717) is 17.3 Å². The van der Waals surface area contributed by atoms with Gasteiger partial charge in [-0.25, -0.2) is 0 Å². The van der Waals surface area contributed by atoms with E-state index in [-0.39, 0.29) is 23.7 Å². The largest absolute Gasteiger partial charge is 0.373 e. The van der Waals surface area contributed by atoms with E-state index in [1.54, 1.807) is 0 Å². The highest BCUT2D eigenvalue weighted by atomic mass is 16.5. The van der Waals surface area contributed by atoms with E-state index in [9.17, 15) is 9.59 Å². The summed E-state index contributed by atoms with van der Waals surface area (Å²) >= 11 is 0. The molecule has 3 heterocycles. The number of carbonyl (C=O) groups excluding carboxylic acids is 1. The van der Waals surface area contributed by atoms with Crippen molar-refractivity contribution in [3.63, 3.8) is 0 Å². The molecule has 2 unspecified atom stereocenters. The molecule has 2 aromatic rings. The third-order valence-corrected chi connectivity index (χ3v) is 5.93. The molecule has 0 radical (unpaired) electrons. The Morgan fingerprint density at radius 1 is 1.03 bits per heavy atom. The summed E-state index contributed by atoms with van der Waals surface area (Å²) in [5.74, 6) is 0.490. The van der Waals surface area contributed by atoms with Crippen LogP contribution in [0.4, 0.5) is 0 Å². The lowest BCUT2D eigenvalue weighted by Crippen LogP contribution is -2.48. The van der Waals surface area contributed by atoms with Crippen molar-refractivity contribution in [2.75, 3.05) is 32.7 Å². The first-order valence-corrected chi connectivity index (χ1v) is 10.8. The minimum absolute atomic E-state index is 0.105. The van der Waals surface area contributed by atoms with Crippen LogP contribution in [-0.4, -0.2) is 70.4 Å². The van der Waals surface area contributed by atoms with Crippen LogP contribution in [0.25, 0.3) is 5.69 Å². The number of para-hydroxylation sites is 1. The third-order valence-electron chi connectivity index (χ3n) is 5.93. The minimum atomic E-state index is -0.245. The number of nitrogens with zero attached hydrogens (tertiary/aromatic N) is 4. The topological polar surface area (TPSA) is 67.7 Å². The Balaban J connectivity index is 1.37. The zero-order chi connectivity index (χ0) is 21.1. The summed E-state index contributed by atoms with van der Waals surface area (Å²) in [7, 11) is 0. The summed E-state index contributed by atoms with van der Waals surface area (Å²) in [6.45, 7) is 8.74. The number of carbonyl (C=O) groups is 1. The molecular weight excluding hydrogens is 380 g/mol. The second-order valence-corrected chi connectivity index (χ2v) is 8.52. The zero-order valence-electron chi connectivity index (χ0n) is 17.7. The lowest BCUT2D eigenvalue weighted by molar-refractivity contribution is -0.0728. The summed E-state index contributed by atoms with van der Waals surface area (Å²) in [4.78, 5) is 29.6. The second kappa shape index (κ2) is 9.10. The van der Waals surface area contributed by atoms with Crippen LogP contribution in [0.1, 0.15) is 37.2 Å². The Bertz CT molecular complexity index is 912. The van der Waals surface area contributed by atoms with Gasteiger partial charge in [-0.3, -0.25) is 14.5 Å². The van der Waals surface area contributed by atoms with Gasteiger partial charge in [0.05, 0.1) is 17.9 Å². The van der Waals surface area contributed by atoms with Gasteiger partial charge in [-0.1, -0.05) is 18.2 Å². The van der Waals surface area contributed by atoms with Crippen molar-refractivity contribution in [1.82, 2.24) is 19.6 Å². The number of piperidine rings is 1. The molecule has 0 saturated carbocycles. The third kappa shape index (κ3) is 4.79. The van der Waals surface area contributed by atoms with Crippen LogP contribution in [-0.2, 0) is 4.74 Å². The van der Waals surface area contributed by atoms with Crippen molar-refractivity contribution >= 4 is 5.91 Å². The van der Waals surface area contributed by atoms with Gasteiger partial charge in [0.2, 0.25) is 0 Å². The van der Waals surface area contributed by atoms with Crippen molar-refractivity contribution in [2.24, 2.45) is 5.92 Å². The fraction of sp³-hybridized carbons (Fsp3) is 0.522. The summed E-state index contributed by atoms with van der Waals surface area (Å²) in [5, 5.41) is 4.34. The molecule has 2 atom stereocenters. The molecule has 1 amide bonds. The molecule has 4 rings (SSSR count). The van der Waals surface area contributed by atoms with Gasteiger partial charge in [-0.05, 0) is 50.8 Å². The summed E-state index contributed by atoms with van der Waals surface area (Å²) < 4.78 is 7.12. The Hall–Kier alpha value is -2.51. The summed E-state index contributed by atoms with van der Waals surface area (Å²) in [6.07, 6.45) is 2.54. The smallest absolute Gasteiger partial charge is 0.274 e. The molecular formula is C23H30N4O3. The number of morpholine rings is 1. The van der Waals surface area contributed by atoms with Crippen LogP contribution in [0.5, 0.6) is 0 Å². The van der Waals surface area contributed by atoms with Gasteiger partial charge < -0.3 is 9.64 Å². The summed E-state index contributed by atoms with van der Waals surface area (Å²) in [5.41, 5.74) is 0.725. The van der Waals surface area contributed by atoms with Crippen LogP contribution < -0.4 is 5.56 Å². The normalized spacial score (nSPS) is 23.5. The SMILES string of the molecule is CC1CN(CC2CCN(C(=O)c3ccc(=O)n(-c4ccccc4)n3)CC2)CC(C)O1. The van der Waals surface area contributed by atoms with Crippen LogP contribution in [0.3, 0.4) is 0 Å². The molecule has 2 aliphatic rings. The lowest BCUT2D eigenvalue weighted by atomic mass is 9.95. The van der Waals surface area contributed by atoms with E-state index in [1.165, 1.54) is 16.8 Å². The van der Waals surface area contributed by atoms with Gasteiger partial charge in [0.25, 0.3) is 11.5 Å². The molecule has 0 aliphatic carbocycles. The van der Waals surface area contributed by atoms with E-state index in [1.807, 2.05) is 35.2 Å². The molecule has 30 heavy (non-hydrogen) atoms. The van der Waals surface area contributed by atoms with Crippen LogP contribution in [0.15, 0.2) is 47.3 Å². The maximum Gasteiger partial charge on any atom is 0.274 e. The fourth-order valence-electron chi connectivity index (χ4n) is 4.56. The van der Waals surface area contributed by atoms with Crippen LogP contribution in [0.2, 0.25) is 0 Å². The number of ether oxygens (including phenoxy) is 1. The standard InChI is InChI=1S/C23H30N4O3/c1-17-14-25(15-18(2)30-17)16-19-10-12-26(13-11-19)23(29)21-8-9-22(28)27(24-21)20-6-4-3-5-7-20/h3-9,17-19H,10-16H2,1-2H3. The highest BCUT2D eigenvalue weighted by Gasteiger charge is 2.28. The van der Waals surface area contributed by atoms with Gasteiger partial charge in [0.15, 0.2) is 0 Å². The van der Waals surface area contributed by atoms with Gasteiger partial charge in [-0.15, -0.1) is 0 Å². The highest BCUT2D eigenvalue weighted by molar-refractivity contribution is 5.92. The van der Waals surface area contributed by atoms with E-state index in [0.717, 1.165) is 45.6 Å². The van der Waals surface area contributed by atoms with Gasteiger partial charge in [0.1, 0.15) is 5.69 Å². The average Bonchev–Trinajstić information content (AvgIpc) is 2.74. The molecule has 160 valence electrons. The van der Waals surface area contributed by atoms with Crippen molar-refractivity contribution in [1.29, 1.82) is 0 Å². The number of amides is 1. The maximum absolute atomic E-state index is 13.0. The molecule has 1 aromatic carbocycles. The van der Waals surface area contributed by atoms with E-state index < -0.39 is 0 Å². The zero-order valence-corrected chi connectivity index (χ0v) is 17.7. The van der Waals surface area contributed by atoms with Crippen molar-refractivity contribution in [3.8, 4) is 5.69 Å². The number of aromatic nitrogens is 2. The Morgan fingerprint density at radius 3 is 2.37 bits per heavy atom. The molecule has 7 heteroatoms. The number of rotatable bonds is 4. The molecule has 2 saturated heterocycles. The molecule has 0 spiro atoms. The predicted octanol–water partition coefficient (Wildman–Crippen LogP) is 2.19. The molecule has 2 fully saturated rings. The summed E-state index contributed by atoms with van der Waals surface area (Å²) in [6, 6.07) is 12.1. The van der Waals surface area contributed by atoms with Crippen molar-refractivity contribution in [2.45, 2.75) is 38.9 Å². The molecule has 1 aromatic heterocycles. The Kier molecular flexibility index (Phi) is 6.29. The first-order valence-electron chi connectivity index (χ1n) is 10.8. The molecule has 2 aliphatic heterocycles. The predicted molar refractivity (Wildman–Crippen MR) is 115 cm³/mol.